The molecule has 0 aliphatic heterocycles. The Kier molecular flexibility index (Phi) is 6.13. The summed E-state index contributed by atoms with van der Waals surface area (Å²) in [5.41, 5.74) is 3.73. The van der Waals surface area contributed by atoms with Gasteiger partial charge in [-0.05, 0) is 41.5 Å². The summed E-state index contributed by atoms with van der Waals surface area (Å²) in [6, 6.07) is 11.3. The molecule has 0 saturated carbocycles. The van der Waals surface area contributed by atoms with Gasteiger partial charge >= 0.3 is 6.09 Å². The lowest BCUT2D eigenvalue weighted by Crippen LogP contribution is -2.16. The van der Waals surface area contributed by atoms with Crippen molar-refractivity contribution < 1.29 is 23.4 Å². The number of carbonyl (C=O) groups is 1. The van der Waals surface area contributed by atoms with Crippen LogP contribution in [0.1, 0.15) is 11.1 Å². The van der Waals surface area contributed by atoms with Gasteiger partial charge in [0.05, 0.1) is 20.4 Å². The number of halogens is 1. The minimum Gasteiger partial charge on any atom is -0.493 e. The molecule has 0 aromatic heterocycles. The van der Waals surface area contributed by atoms with Crippen LogP contribution in [0.15, 0.2) is 47.6 Å². The molecule has 2 aromatic rings. The molecule has 0 saturated heterocycles. The Bertz CT molecular complexity index is 717. The molecule has 2 rings (SSSR count). The number of methoxy groups -OCH3 is 2. The molecule has 0 spiro atoms. The van der Waals surface area contributed by atoms with E-state index in [4.69, 9.17) is 9.47 Å². The molecule has 0 fully saturated rings. The van der Waals surface area contributed by atoms with Gasteiger partial charge in [-0.1, -0.05) is 12.1 Å². The van der Waals surface area contributed by atoms with Crippen LogP contribution in [0, 0.1) is 5.82 Å². The van der Waals surface area contributed by atoms with E-state index in [1.807, 2.05) is 0 Å². The van der Waals surface area contributed by atoms with Crippen molar-refractivity contribution in [3.63, 3.8) is 0 Å². The molecular weight excluding hydrogens is 315 g/mol. The molecular formula is C17H17FN2O4. The van der Waals surface area contributed by atoms with Crippen LogP contribution in [-0.2, 0) is 11.3 Å². The molecule has 0 aliphatic rings. The van der Waals surface area contributed by atoms with Gasteiger partial charge in [-0.15, -0.1) is 0 Å². The van der Waals surface area contributed by atoms with E-state index in [2.05, 4.69) is 15.3 Å². The van der Waals surface area contributed by atoms with E-state index in [9.17, 15) is 9.18 Å². The first-order valence-electron chi connectivity index (χ1n) is 7.04. The number of rotatable bonds is 6. The second-order valence-corrected chi connectivity index (χ2v) is 4.69. The topological polar surface area (TPSA) is 69.2 Å². The van der Waals surface area contributed by atoms with Crippen LogP contribution in [0.2, 0.25) is 0 Å². The predicted octanol–water partition coefficient (Wildman–Crippen LogP) is 3.10. The number of benzene rings is 2. The first-order chi connectivity index (χ1) is 11.6. The Labute approximate surface area is 138 Å². The van der Waals surface area contributed by atoms with Crippen LogP contribution in [0.3, 0.4) is 0 Å². The number of ether oxygens (including phenoxy) is 3. The first-order valence-corrected chi connectivity index (χ1v) is 7.04. The maximum atomic E-state index is 12.9. The standard InChI is InChI=1S/C17H17FN2O4/c1-22-16-9-13(10-19-20-17(21)23-2)5-8-15(16)24-11-12-3-6-14(18)7-4-12/h3-10H,11H2,1-2H3,(H,20,21)/b19-10-. The summed E-state index contributed by atoms with van der Waals surface area (Å²) < 4.78 is 28.3. The number of nitrogens with one attached hydrogen (secondary N) is 1. The van der Waals surface area contributed by atoms with E-state index in [1.54, 1.807) is 30.3 Å². The van der Waals surface area contributed by atoms with Crippen molar-refractivity contribution in [2.24, 2.45) is 5.10 Å². The lowest BCUT2D eigenvalue weighted by atomic mass is 10.2. The van der Waals surface area contributed by atoms with Gasteiger partial charge in [-0.2, -0.15) is 5.10 Å². The lowest BCUT2D eigenvalue weighted by molar-refractivity contribution is 0.171. The fourth-order valence-electron chi connectivity index (χ4n) is 1.83. The van der Waals surface area contributed by atoms with Crippen molar-refractivity contribution in [3.8, 4) is 11.5 Å². The molecule has 2 aromatic carbocycles. The molecule has 0 heterocycles. The smallest absolute Gasteiger partial charge is 0.427 e. The molecule has 126 valence electrons. The van der Waals surface area contributed by atoms with Crippen LogP contribution in [0.25, 0.3) is 0 Å². The molecule has 0 bridgehead atoms. The first kappa shape index (κ1) is 17.3. The summed E-state index contributed by atoms with van der Waals surface area (Å²) in [4.78, 5) is 10.9. The van der Waals surface area contributed by atoms with Crippen molar-refractivity contribution in [3.05, 3.63) is 59.4 Å². The highest BCUT2D eigenvalue weighted by Crippen LogP contribution is 2.28. The summed E-state index contributed by atoms with van der Waals surface area (Å²) >= 11 is 0. The number of hydrazone groups is 1. The normalized spacial score (nSPS) is 10.5. The van der Waals surface area contributed by atoms with Gasteiger partial charge in [0.1, 0.15) is 12.4 Å². The largest absolute Gasteiger partial charge is 0.493 e. The quantitative estimate of drug-likeness (QED) is 0.652. The predicted molar refractivity (Wildman–Crippen MR) is 86.9 cm³/mol. The number of hydrogen-bond donors (Lipinski definition) is 1. The van der Waals surface area contributed by atoms with Crippen molar-refractivity contribution in [1.82, 2.24) is 5.43 Å². The van der Waals surface area contributed by atoms with Crippen LogP contribution in [-0.4, -0.2) is 26.5 Å². The highest BCUT2D eigenvalue weighted by Gasteiger charge is 2.06. The second-order valence-electron chi connectivity index (χ2n) is 4.69. The van der Waals surface area contributed by atoms with Crippen molar-refractivity contribution in [2.45, 2.75) is 6.61 Å². The van der Waals surface area contributed by atoms with E-state index >= 15 is 0 Å². The van der Waals surface area contributed by atoms with Crippen LogP contribution in [0.4, 0.5) is 9.18 Å². The highest BCUT2D eigenvalue weighted by atomic mass is 19.1. The molecule has 0 radical (unpaired) electrons. The minimum absolute atomic E-state index is 0.286. The minimum atomic E-state index is -0.655. The maximum Gasteiger partial charge on any atom is 0.427 e. The van der Waals surface area contributed by atoms with E-state index in [-0.39, 0.29) is 12.4 Å². The summed E-state index contributed by atoms with van der Waals surface area (Å²) in [6.45, 7) is 0.286. The van der Waals surface area contributed by atoms with Gasteiger partial charge in [0, 0.05) is 0 Å². The molecule has 7 heteroatoms. The van der Waals surface area contributed by atoms with E-state index in [0.717, 1.165) is 5.56 Å². The summed E-state index contributed by atoms with van der Waals surface area (Å²) in [5, 5.41) is 3.74. The Hall–Kier alpha value is -3.09. The van der Waals surface area contributed by atoms with Gasteiger partial charge in [0.25, 0.3) is 0 Å². The zero-order valence-corrected chi connectivity index (χ0v) is 13.3. The molecule has 1 N–H and O–H groups in total. The molecule has 0 atom stereocenters. The van der Waals surface area contributed by atoms with E-state index < -0.39 is 6.09 Å². The molecule has 0 aliphatic carbocycles. The Morgan fingerprint density at radius 3 is 2.58 bits per heavy atom. The zero-order valence-electron chi connectivity index (χ0n) is 13.3. The summed E-state index contributed by atoms with van der Waals surface area (Å²) in [5.74, 6) is 0.763. The third-order valence-electron chi connectivity index (χ3n) is 3.05. The number of nitrogens with zero attached hydrogens (tertiary/aromatic N) is 1. The fraction of sp³-hybridized carbons (Fsp3) is 0.176. The third kappa shape index (κ3) is 4.98. The number of amides is 1. The number of hydrogen-bond acceptors (Lipinski definition) is 5. The molecule has 1 amide bonds. The molecule has 0 unspecified atom stereocenters. The van der Waals surface area contributed by atoms with E-state index in [0.29, 0.717) is 17.1 Å². The van der Waals surface area contributed by atoms with Crippen molar-refractivity contribution in [2.75, 3.05) is 14.2 Å². The Balaban J connectivity index is 2.02. The van der Waals surface area contributed by atoms with Gasteiger partial charge < -0.3 is 14.2 Å². The van der Waals surface area contributed by atoms with Crippen molar-refractivity contribution in [1.29, 1.82) is 0 Å². The van der Waals surface area contributed by atoms with E-state index in [1.165, 1.54) is 32.6 Å². The highest BCUT2D eigenvalue weighted by molar-refractivity contribution is 5.82. The maximum absolute atomic E-state index is 12.9. The summed E-state index contributed by atoms with van der Waals surface area (Å²) in [7, 11) is 2.77. The van der Waals surface area contributed by atoms with Gasteiger partial charge in [-0.25, -0.2) is 14.6 Å². The average molecular weight is 332 g/mol. The Morgan fingerprint density at radius 2 is 1.92 bits per heavy atom. The van der Waals surface area contributed by atoms with Crippen LogP contribution in [0.5, 0.6) is 11.5 Å². The lowest BCUT2D eigenvalue weighted by Gasteiger charge is -2.11. The van der Waals surface area contributed by atoms with Crippen LogP contribution >= 0.6 is 0 Å². The zero-order chi connectivity index (χ0) is 17.4. The van der Waals surface area contributed by atoms with Gasteiger partial charge in [-0.3, -0.25) is 0 Å². The van der Waals surface area contributed by atoms with Gasteiger partial charge in [0.2, 0.25) is 0 Å². The number of carbonyl (C=O) groups excluding carboxylic acids is 1. The third-order valence-corrected chi connectivity index (χ3v) is 3.05. The monoisotopic (exact) mass is 332 g/mol. The SMILES string of the molecule is COC(=O)N/N=C\c1ccc(OCc2ccc(F)cc2)c(OC)c1. The molecule has 6 nitrogen and oxygen atoms in total. The Morgan fingerprint density at radius 1 is 1.17 bits per heavy atom. The average Bonchev–Trinajstić information content (AvgIpc) is 2.61. The molecule has 24 heavy (non-hydrogen) atoms. The second kappa shape index (κ2) is 8.52. The van der Waals surface area contributed by atoms with Gasteiger partial charge in [0.15, 0.2) is 11.5 Å². The fourth-order valence-corrected chi connectivity index (χ4v) is 1.83. The summed E-state index contributed by atoms with van der Waals surface area (Å²) in [6.07, 6.45) is 0.792. The van der Waals surface area contributed by atoms with Crippen molar-refractivity contribution >= 4 is 12.3 Å². The van der Waals surface area contributed by atoms with Crippen LogP contribution < -0.4 is 14.9 Å².